The number of hydrazine groups is 1. The zero-order valence-electron chi connectivity index (χ0n) is 12.6. The first-order chi connectivity index (χ1) is 11.4. The molecule has 24 heavy (non-hydrogen) atoms. The topological polar surface area (TPSA) is 71.2 Å². The summed E-state index contributed by atoms with van der Waals surface area (Å²) in [6.45, 7) is 1.46. The number of hydrogen-bond acceptors (Lipinski definition) is 6. The summed E-state index contributed by atoms with van der Waals surface area (Å²) in [5.41, 5.74) is 1.71. The van der Waals surface area contributed by atoms with Crippen molar-refractivity contribution in [1.82, 2.24) is 4.98 Å². The van der Waals surface area contributed by atoms with Gasteiger partial charge in [-0.2, -0.15) is 0 Å². The van der Waals surface area contributed by atoms with Gasteiger partial charge < -0.3 is 5.32 Å². The van der Waals surface area contributed by atoms with E-state index in [1.54, 1.807) is 36.5 Å². The Morgan fingerprint density at radius 3 is 2.75 bits per heavy atom. The van der Waals surface area contributed by atoms with E-state index in [-0.39, 0.29) is 5.78 Å². The largest absolute Gasteiger partial charge is 0.340 e. The number of pyridine rings is 1. The van der Waals surface area contributed by atoms with Crippen LogP contribution in [-0.4, -0.2) is 21.0 Å². The summed E-state index contributed by atoms with van der Waals surface area (Å²) >= 11 is 18.7. The van der Waals surface area contributed by atoms with Crippen molar-refractivity contribution in [3.8, 4) is 0 Å². The van der Waals surface area contributed by atoms with Gasteiger partial charge in [0.15, 0.2) is 5.78 Å². The third-order valence-electron chi connectivity index (χ3n) is 2.96. The van der Waals surface area contributed by atoms with Crippen molar-refractivity contribution in [3.63, 3.8) is 0 Å². The van der Waals surface area contributed by atoms with Crippen molar-refractivity contribution in [2.24, 2.45) is 5.84 Å². The predicted molar refractivity (Wildman–Crippen MR) is 106 cm³/mol. The minimum Gasteiger partial charge on any atom is -0.340 e. The SMILES string of the molecule is CC(=O)c1ccc(N(N)CSC(=S)Nc2cccc(Cl)c2Cl)cn1. The summed E-state index contributed by atoms with van der Waals surface area (Å²) in [4.78, 5) is 15.3. The Hall–Kier alpha value is -1.38. The molecule has 2 aromatic rings. The van der Waals surface area contributed by atoms with Crippen molar-refractivity contribution in [2.45, 2.75) is 6.92 Å². The molecule has 0 amide bonds. The monoisotopic (exact) mass is 400 g/mol. The van der Waals surface area contributed by atoms with Crippen LogP contribution < -0.4 is 16.2 Å². The van der Waals surface area contributed by atoms with E-state index in [0.29, 0.717) is 37.3 Å². The molecule has 0 aliphatic rings. The number of benzene rings is 1. The third kappa shape index (κ3) is 5.06. The lowest BCUT2D eigenvalue weighted by Crippen LogP contribution is -2.31. The number of nitrogens with two attached hydrogens (primary N) is 1. The maximum Gasteiger partial charge on any atom is 0.178 e. The van der Waals surface area contributed by atoms with Crippen molar-refractivity contribution in [2.75, 3.05) is 16.2 Å². The summed E-state index contributed by atoms with van der Waals surface area (Å²) in [6, 6.07) is 8.62. The second-order valence-corrected chi connectivity index (χ2v) is 7.12. The number of carbonyl (C=O) groups excluding carboxylic acids is 1. The van der Waals surface area contributed by atoms with Crippen LogP contribution in [0, 0.1) is 0 Å². The maximum atomic E-state index is 11.2. The first-order valence-corrected chi connectivity index (χ1v) is 8.90. The molecule has 0 radical (unpaired) electrons. The van der Waals surface area contributed by atoms with Crippen LogP contribution >= 0.6 is 47.2 Å². The number of carbonyl (C=O) groups is 1. The van der Waals surface area contributed by atoms with E-state index in [1.165, 1.54) is 23.7 Å². The lowest BCUT2D eigenvalue weighted by molar-refractivity contribution is 0.101. The number of rotatable bonds is 5. The molecule has 3 N–H and O–H groups in total. The molecule has 0 atom stereocenters. The van der Waals surface area contributed by atoms with E-state index in [9.17, 15) is 4.79 Å². The molecule has 0 saturated heterocycles. The van der Waals surface area contributed by atoms with Gasteiger partial charge in [0.2, 0.25) is 0 Å². The molecular formula is C15H14Cl2N4OS2. The average molecular weight is 401 g/mol. The molecule has 126 valence electrons. The molecule has 1 aromatic carbocycles. The standard InChI is InChI=1S/C15H14Cl2N4OS2/c1-9(22)12-6-5-10(7-19-12)21(18)8-24-15(23)20-13-4-2-3-11(16)14(13)17/h2-7H,8,18H2,1H3,(H,20,23). The van der Waals surface area contributed by atoms with Crippen LogP contribution in [0.4, 0.5) is 11.4 Å². The van der Waals surface area contributed by atoms with Gasteiger partial charge in [0.1, 0.15) is 10.0 Å². The highest BCUT2D eigenvalue weighted by Gasteiger charge is 2.09. The lowest BCUT2D eigenvalue weighted by Gasteiger charge is -2.18. The highest BCUT2D eigenvalue weighted by Crippen LogP contribution is 2.30. The van der Waals surface area contributed by atoms with E-state index in [1.807, 2.05) is 0 Å². The quantitative estimate of drug-likeness (QED) is 0.254. The molecule has 0 fully saturated rings. The Morgan fingerprint density at radius 2 is 2.12 bits per heavy atom. The number of thiocarbonyl (C=S) groups is 1. The first kappa shape index (κ1) is 19.0. The van der Waals surface area contributed by atoms with E-state index >= 15 is 0 Å². The highest BCUT2D eigenvalue weighted by molar-refractivity contribution is 8.23. The number of Topliss-reactive ketones (excluding diaryl/α,β-unsaturated/α-hetero) is 1. The summed E-state index contributed by atoms with van der Waals surface area (Å²) in [5, 5.41) is 5.36. The van der Waals surface area contributed by atoms with Gasteiger partial charge in [0.25, 0.3) is 0 Å². The van der Waals surface area contributed by atoms with Gasteiger partial charge in [0.05, 0.1) is 33.5 Å². The number of hydrogen-bond donors (Lipinski definition) is 2. The molecule has 0 aliphatic heterocycles. The summed E-state index contributed by atoms with van der Waals surface area (Å²) in [5.74, 6) is 6.27. The number of nitrogens with zero attached hydrogens (tertiary/aromatic N) is 2. The van der Waals surface area contributed by atoms with Gasteiger partial charge in [-0.05, 0) is 24.3 Å². The van der Waals surface area contributed by atoms with Crippen LogP contribution in [0.3, 0.4) is 0 Å². The summed E-state index contributed by atoms with van der Waals surface area (Å²) in [7, 11) is 0. The molecule has 2 rings (SSSR count). The van der Waals surface area contributed by atoms with E-state index in [4.69, 9.17) is 41.3 Å². The zero-order valence-corrected chi connectivity index (χ0v) is 15.8. The fourth-order valence-electron chi connectivity index (χ4n) is 1.71. The van der Waals surface area contributed by atoms with Crippen molar-refractivity contribution >= 4 is 68.7 Å². The van der Waals surface area contributed by atoms with Crippen LogP contribution in [0.5, 0.6) is 0 Å². The molecule has 9 heteroatoms. The smallest absolute Gasteiger partial charge is 0.178 e. The maximum absolute atomic E-state index is 11.2. The first-order valence-electron chi connectivity index (χ1n) is 6.75. The molecule has 0 saturated carbocycles. The minimum atomic E-state index is -0.0942. The number of halogens is 2. The van der Waals surface area contributed by atoms with E-state index < -0.39 is 0 Å². The number of thioether (sulfide) groups is 1. The lowest BCUT2D eigenvalue weighted by atomic mass is 10.2. The van der Waals surface area contributed by atoms with Crippen LogP contribution in [0.25, 0.3) is 0 Å². The van der Waals surface area contributed by atoms with Crippen molar-refractivity contribution in [3.05, 3.63) is 52.3 Å². The molecular weight excluding hydrogens is 387 g/mol. The van der Waals surface area contributed by atoms with Crippen LogP contribution in [0.1, 0.15) is 17.4 Å². The van der Waals surface area contributed by atoms with E-state index in [0.717, 1.165) is 0 Å². The van der Waals surface area contributed by atoms with Gasteiger partial charge in [-0.3, -0.25) is 14.8 Å². The Morgan fingerprint density at radius 1 is 1.38 bits per heavy atom. The molecule has 1 aromatic heterocycles. The third-order valence-corrected chi connectivity index (χ3v) is 5.01. The predicted octanol–water partition coefficient (Wildman–Crippen LogP) is 4.36. The number of anilines is 2. The summed E-state index contributed by atoms with van der Waals surface area (Å²) < 4.78 is 0.503. The Bertz CT molecular complexity index is 756. The van der Waals surface area contributed by atoms with Gasteiger partial charge in [-0.1, -0.05) is 53.2 Å². The molecule has 5 nitrogen and oxygen atoms in total. The minimum absolute atomic E-state index is 0.0942. The molecule has 0 bridgehead atoms. The van der Waals surface area contributed by atoms with Gasteiger partial charge >= 0.3 is 0 Å². The Balaban J connectivity index is 1.91. The molecule has 1 heterocycles. The molecule has 0 unspecified atom stereocenters. The van der Waals surface area contributed by atoms with Crippen LogP contribution in [-0.2, 0) is 0 Å². The van der Waals surface area contributed by atoms with Gasteiger partial charge in [0, 0.05) is 6.92 Å². The molecule has 0 spiro atoms. The Labute approximate surface area is 159 Å². The van der Waals surface area contributed by atoms with Gasteiger partial charge in [-0.25, -0.2) is 5.84 Å². The normalized spacial score (nSPS) is 10.3. The van der Waals surface area contributed by atoms with Crippen LogP contribution in [0.15, 0.2) is 36.5 Å². The Kier molecular flexibility index (Phi) is 6.82. The van der Waals surface area contributed by atoms with Crippen molar-refractivity contribution < 1.29 is 4.79 Å². The fraction of sp³-hybridized carbons (Fsp3) is 0.133. The summed E-state index contributed by atoms with van der Waals surface area (Å²) in [6.07, 6.45) is 1.54. The zero-order chi connectivity index (χ0) is 17.7. The molecule has 0 aliphatic carbocycles. The average Bonchev–Trinajstić information content (AvgIpc) is 2.57. The van der Waals surface area contributed by atoms with E-state index in [2.05, 4.69) is 10.3 Å². The number of ketones is 1. The highest BCUT2D eigenvalue weighted by atomic mass is 35.5. The van der Waals surface area contributed by atoms with Gasteiger partial charge in [-0.15, -0.1) is 0 Å². The van der Waals surface area contributed by atoms with Crippen LogP contribution in [0.2, 0.25) is 10.0 Å². The number of nitrogens with one attached hydrogen (secondary N) is 1. The fourth-order valence-corrected chi connectivity index (χ4v) is 2.92. The number of aromatic nitrogens is 1. The second kappa shape index (κ2) is 8.64. The van der Waals surface area contributed by atoms with Crippen molar-refractivity contribution in [1.29, 1.82) is 0 Å². The second-order valence-electron chi connectivity index (χ2n) is 4.71.